The summed E-state index contributed by atoms with van der Waals surface area (Å²) in [4.78, 5) is 5.10. The van der Waals surface area contributed by atoms with E-state index in [0.29, 0.717) is 34.9 Å². The van der Waals surface area contributed by atoms with Crippen LogP contribution in [0.2, 0.25) is 0 Å². The van der Waals surface area contributed by atoms with Crippen molar-refractivity contribution in [3.8, 4) is 22.6 Å². The van der Waals surface area contributed by atoms with Gasteiger partial charge in [0.05, 0.1) is 5.69 Å². The Balaban J connectivity index is 1.65. The summed E-state index contributed by atoms with van der Waals surface area (Å²) in [5.41, 5.74) is 5.29. The molecule has 0 amide bonds. The number of aromatic nitrogens is 1. The Hall–Kier alpha value is -2.69. The first-order valence-electron chi connectivity index (χ1n) is 15.0. The molecule has 6 rings (SSSR count). The van der Waals surface area contributed by atoms with Crippen molar-refractivity contribution < 1.29 is 21.9 Å². The molecule has 0 atom stereocenters. The number of anilines is 1. The quantitative estimate of drug-likeness (QED) is 0.236. The minimum Gasteiger partial charge on any atom is -0.454 e. The van der Waals surface area contributed by atoms with E-state index < -0.39 is 21.7 Å². The highest BCUT2D eigenvalue weighted by atomic mass is 32.2. The van der Waals surface area contributed by atoms with E-state index in [1.54, 1.807) is 11.9 Å². The van der Waals surface area contributed by atoms with Gasteiger partial charge in [-0.2, -0.15) is 0 Å². The van der Waals surface area contributed by atoms with Crippen LogP contribution in [0.15, 0.2) is 35.2 Å². The second kappa shape index (κ2) is 12.1. The normalized spacial score (nSPS) is 17.6. The minimum atomic E-state index is -4.21. The van der Waals surface area contributed by atoms with E-state index in [9.17, 15) is 17.2 Å². The molecule has 0 bridgehead atoms. The monoisotopic (exact) mass is 613 g/mol. The molecule has 0 aliphatic heterocycles. The molecule has 1 aromatic heterocycles. The van der Waals surface area contributed by atoms with E-state index in [4.69, 9.17) is 14.9 Å². The van der Waals surface area contributed by atoms with Gasteiger partial charge in [0.15, 0.2) is 11.6 Å². The number of nitrogens with zero attached hydrogens (tertiary/aromatic N) is 1. The van der Waals surface area contributed by atoms with Crippen LogP contribution in [0.5, 0.6) is 11.5 Å². The van der Waals surface area contributed by atoms with Crippen molar-refractivity contribution in [3.05, 3.63) is 64.5 Å². The van der Waals surface area contributed by atoms with Crippen LogP contribution in [0.1, 0.15) is 99.1 Å². The first-order valence-corrected chi connectivity index (χ1v) is 17.5. The summed E-state index contributed by atoms with van der Waals surface area (Å²) in [6.45, 7) is 2.05. The van der Waals surface area contributed by atoms with E-state index in [2.05, 4.69) is 11.6 Å². The largest absolute Gasteiger partial charge is 0.454 e. The van der Waals surface area contributed by atoms with Gasteiger partial charge in [0.2, 0.25) is 10.0 Å². The van der Waals surface area contributed by atoms with Crippen LogP contribution in [0.25, 0.3) is 11.1 Å². The fraction of sp³-hybridized carbons (Fsp3) is 0.469. The number of rotatable bonds is 9. The van der Waals surface area contributed by atoms with E-state index in [-0.39, 0.29) is 16.6 Å². The number of halogens is 2. The zero-order valence-corrected chi connectivity index (χ0v) is 25.5. The Labute approximate surface area is 251 Å². The first-order chi connectivity index (χ1) is 20.2. The number of fused-ring (bicyclic) bond motifs is 1. The smallest absolute Gasteiger partial charge is 0.240 e. The molecule has 0 unspecified atom stereocenters. The van der Waals surface area contributed by atoms with Gasteiger partial charge in [0.1, 0.15) is 16.5 Å². The van der Waals surface area contributed by atoms with Gasteiger partial charge in [-0.3, -0.25) is 4.98 Å². The Kier molecular flexibility index (Phi) is 8.49. The number of hydrogen-bond acceptors (Lipinski definition) is 6. The SMILES string of the molecule is CCSNc1cc(-c2c3c(nc(C4CCCCC4)c2S(N)(=O)=O)CCCC3)c(Oc2ccc(F)cc2F)cc1C1CC1. The van der Waals surface area contributed by atoms with Gasteiger partial charge in [-0.25, -0.2) is 22.3 Å². The molecule has 0 spiro atoms. The first kappa shape index (κ1) is 29.4. The number of benzene rings is 2. The highest BCUT2D eigenvalue weighted by molar-refractivity contribution is 8.00. The van der Waals surface area contributed by atoms with E-state index in [0.717, 1.165) is 105 Å². The van der Waals surface area contributed by atoms with Gasteiger partial charge in [-0.05, 0) is 92.7 Å². The third-order valence-corrected chi connectivity index (χ3v) is 10.2. The third kappa shape index (κ3) is 6.03. The Morgan fingerprint density at radius 3 is 2.43 bits per heavy atom. The molecule has 224 valence electrons. The van der Waals surface area contributed by atoms with Gasteiger partial charge in [-0.15, -0.1) is 0 Å². The number of pyridine rings is 1. The van der Waals surface area contributed by atoms with Crippen molar-refractivity contribution >= 4 is 27.7 Å². The summed E-state index contributed by atoms with van der Waals surface area (Å²) in [6, 6.07) is 7.04. The summed E-state index contributed by atoms with van der Waals surface area (Å²) >= 11 is 1.55. The number of ether oxygens (including phenoxy) is 1. The predicted molar refractivity (Wildman–Crippen MR) is 164 cm³/mol. The maximum Gasteiger partial charge on any atom is 0.240 e. The lowest BCUT2D eigenvalue weighted by atomic mass is 9.82. The molecule has 2 saturated carbocycles. The van der Waals surface area contributed by atoms with Gasteiger partial charge in [0, 0.05) is 40.2 Å². The van der Waals surface area contributed by atoms with Crippen LogP contribution in [-0.4, -0.2) is 19.2 Å². The zero-order valence-electron chi connectivity index (χ0n) is 23.8. The highest BCUT2D eigenvalue weighted by Crippen LogP contribution is 2.51. The Morgan fingerprint density at radius 1 is 0.976 bits per heavy atom. The molecule has 0 radical (unpaired) electrons. The average molecular weight is 614 g/mol. The van der Waals surface area contributed by atoms with Crippen molar-refractivity contribution in [3.63, 3.8) is 0 Å². The maximum atomic E-state index is 14.9. The Morgan fingerprint density at radius 2 is 1.74 bits per heavy atom. The fourth-order valence-corrected chi connectivity index (χ4v) is 7.99. The maximum absolute atomic E-state index is 14.9. The molecule has 3 aliphatic rings. The summed E-state index contributed by atoms with van der Waals surface area (Å²) in [7, 11) is -4.21. The van der Waals surface area contributed by atoms with Crippen molar-refractivity contribution in [2.75, 3.05) is 10.5 Å². The second-order valence-corrected chi connectivity index (χ2v) is 14.2. The van der Waals surface area contributed by atoms with Crippen LogP contribution in [0.4, 0.5) is 14.5 Å². The van der Waals surface area contributed by atoms with Gasteiger partial charge in [-0.1, -0.05) is 38.1 Å². The molecule has 2 fully saturated rings. The van der Waals surface area contributed by atoms with Crippen LogP contribution in [0.3, 0.4) is 0 Å². The second-order valence-electron chi connectivity index (χ2n) is 11.6. The summed E-state index contributed by atoms with van der Waals surface area (Å²) in [5, 5.41) is 6.06. The summed E-state index contributed by atoms with van der Waals surface area (Å²) < 4.78 is 65.5. The number of sulfonamides is 1. The highest BCUT2D eigenvalue weighted by Gasteiger charge is 2.35. The molecule has 3 aliphatic carbocycles. The Bertz CT molecular complexity index is 1600. The molecule has 2 aromatic carbocycles. The lowest BCUT2D eigenvalue weighted by molar-refractivity contribution is 0.428. The molecular formula is C32H37F2N3O3S2. The summed E-state index contributed by atoms with van der Waals surface area (Å²) in [6.07, 6.45) is 10.2. The molecule has 0 saturated heterocycles. The lowest BCUT2D eigenvalue weighted by Gasteiger charge is -2.29. The number of nitrogens with two attached hydrogens (primary N) is 1. The number of aryl methyl sites for hydroxylation is 1. The van der Waals surface area contributed by atoms with Crippen LogP contribution in [-0.2, 0) is 22.9 Å². The van der Waals surface area contributed by atoms with Crippen molar-refractivity contribution in [1.82, 2.24) is 4.98 Å². The van der Waals surface area contributed by atoms with Crippen LogP contribution in [0, 0.1) is 11.6 Å². The molecule has 3 N–H and O–H groups in total. The fourth-order valence-electron chi connectivity index (χ4n) is 6.49. The molecule has 6 nitrogen and oxygen atoms in total. The lowest BCUT2D eigenvalue weighted by Crippen LogP contribution is -2.23. The third-order valence-electron chi connectivity index (χ3n) is 8.61. The number of primary sulfonamides is 1. The topological polar surface area (TPSA) is 94.3 Å². The molecule has 42 heavy (non-hydrogen) atoms. The average Bonchev–Trinajstić information content (AvgIpc) is 3.82. The van der Waals surface area contributed by atoms with Crippen LogP contribution >= 0.6 is 11.9 Å². The minimum absolute atomic E-state index is 0.00376. The molecule has 3 aromatic rings. The molecule has 10 heteroatoms. The van der Waals surface area contributed by atoms with Crippen molar-refractivity contribution in [2.45, 2.75) is 94.3 Å². The van der Waals surface area contributed by atoms with Crippen molar-refractivity contribution in [1.29, 1.82) is 0 Å². The van der Waals surface area contributed by atoms with E-state index >= 15 is 0 Å². The number of hydrogen-bond donors (Lipinski definition) is 2. The van der Waals surface area contributed by atoms with Gasteiger partial charge >= 0.3 is 0 Å². The van der Waals surface area contributed by atoms with E-state index in [1.165, 1.54) is 6.07 Å². The predicted octanol–water partition coefficient (Wildman–Crippen LogP) is 8.35. The van der Waals surface area contributed by atoms with Gasteiger partial charge < -0.3 is 9.46 Å². The van der Waals surface area contributed by atoms with Crippen molar-refractivity contribution in [2.24, 2.45) is 5.14 Å². The number of nitrogens with one attached hydrogen (secondary N) is 1. The van der Waals surface area contributed by atoms with Crippen LogP contribution < -0.4 is 14.6 Å². The zero-order chi connectivity index (χ0) is 29.4. The summed E-state index contributed by atoms with van der Waals surface area (Å²) in [5.74, 6) is -0.186. The van der Waals surface area contributed by atoms with E-state index in [1.807, 2.05) is 12.1 Å². The standard InChI is InChI=1S/C32H37F2N3O3S2/c1-2-41-37-27-17-24(29(18-23(27)19-12-13-19)40-28-15-14-21(33)16-25(28)34)30-22-10-6-7-11-26(22)36-31(32(30)42(35,38)39)20-8-4-3-5-9-20/h14-20,37H,2-13H2,1H3,(H2,35,38,39). The molecule has 1 heterocycles. The van der Waals surface area contributed by atoms with Gasteiger partial charge in [0.25, 0.3) is 0 Å². The molecular weight excluding hydrogens is 577 g/mol.